The Morgan fingerprint density at radius 3 is 2.22 bits per heavy atom. The molecule has 0 aliphatic heterocycles. The molecule has 1 aliphatic carbocycles. The molecule has 1 amide bonds. The normalized spacial score (nSPS) is 20.1. The summed E-state index contributed by atoms with van der Waals surface area (Å²) in [7, 11) is 1.99. The molecule has 5 nitrogen and oxygen atoms in total. The predicted octanol–water partition coefficient (Wildman–Crippen LogP) is 1.71. The van der Waals surface area contributed by atoms with E-state index in [2.05, 4.69) is 22.4 Å². The van der Waals surface area contributed by atoms with Crippen molar-refractivity contribution in [3.8, 4) is 0 Å². The summed E-state index contributed by atoms with van der Waals surface area (Å²) in [5, 5.41) is 7.65. The maximum absolute atomic E-state index is 11.6. The highest BCUT2D eigenvalue weighted by Crippen LogP contribution is 2.39. The lowest BCUT2D eigenvalue weighted by Gasteiger charge is -2.35. The van der Waals surface area contributed by atoms with Crippen LogP contribution >= 0.6 is 23.5 Å². The molecule has 1 saturated carbocycles. The number of thioether (sulfide) groups is 2. The van der Waals surface area contributed by atoms with Gasteiger partial charge in [0.25, 0.3) is 0 Å². The molecule has 0 bridgehead atoms. The first-order valence-corrected chi connectivity index (χ1v) is 10.4. The zero-order valence-electron chi connectivity index (χ0n) is 14.3. The summed E-state index contributed by atoms with van der Waals surface area (Å²) in [5.74, 6) is 2.30. The number of hydrogen-bond acceptors (Lipinski definition) is 6. The van der Waals surface area contributed by atoms with Gasteiger partial charge in [0.1, 0.15) is 5.78 Å². The second-order valence-corrected chi connectivity index (χ2v) is 8.36. The molecule has 1 rings (SSSR count). The van der Waals surface area contributed by atoms with Crippen LogP contribution in [0.1, 0.15) is 32.6 Å². The van der Waals surface area contributed by atoms with Crippen molar-refractivity contribution >= 4 is 35.2 Å². The number of hydrogen-bond donors (Lipinski definition) is 2. The Balaban J connectivity index is 1.92. The molecular formula is C16H30N2O3S2. The molecule has 0 saturated heterocycles. The van der Waals surface area contributed by atoms with E-state index < -0.39 is 0 Å². The van der Waals surface area contributed by atoms with Crippen LogP contribution in [0.2, 0.25) is 0 Å². The van der Waals surface area contributed by atoms with Crippen LogP contribution in [0.4, 0.5) is 0 Å². The van der Waals surface area contributed by atoms with Crippen LogP contribution < -0.4 is 10.6 Å². The lowest BCUT2D eigenvalue weighted by molar-refractivity contribution is -0.122. The maximum atomic E-state index is 11.6. The average Bonchev–Trinajstić information content (AvgIpc) is 2.49. The quantitative estimate of drug-likeness (QED) is 0.459. The Kier molecular flexibility index (Phi) is 11.8. The number of carbonyl (C=O) groups is 2. The van der Waals surface area contributed by atoms with Crippen molar-refractivity contribution in [1.29, 1.82) is 0 Å². The minimum Gasteiger partial charge on any atom is -0.380 e. The lowest BCUT2D eigenvalue weighted by Crippen LogP contribution is -2.34. The van der Waals surface area contributed by atoms with Crippen molar-refractivity contribution in [2.75, 3.05) is 44.9 Å². The molecule has 2 atom stereocenters. The van der Waals surface area contributed by atoms with E-state index in [0.29, 0.717) is 26.1 Å². The molecule has 7 heteroatoms. The van der Waals surface area contributed by atoms with Gasteiger partial charge in [0, 0.05) is 47.9 Å². The molecule has 134 valence electrons. The zero-order chi connectivity index (χ0) is 16.9. The topological polar surface area (TPSA) is 67.4 Å². The van der Waals surface area contributed by atoms with Crippen LogP contribution in [-0.4, -0.2) is 67.0 Å². The first-order valence-electron chi connectivity index (χ1n) is 8.35. The van der Waals surface area contributed by atoms with Gasteiger partial charge in [-0.1, -0.05) is 0 Å². The lowest BCUT2D eigenvalue weighted by atomic mass is 9.99. The maximum Gasteiger partial charge on any atom is 0.222 e. The fourth-order valence-corrected chi connectivity index (χ4v) is 5.03. The Bertz CT molecular complexity index is 356. The van der Waals surface area contributed by atoms with E-state index in [1.165, 1.54) is 18.6 Å². The van der Waals surface area contributed by atoms with Gasteiger partial charge in [-0.05, 0) is 26.8 Å². The third-order valence-corrected chi connectivity index (χ3v) is 6.70. The Morgan fingerprint density at radius 1 is 1.04 bits per heavy atom. The van der Waals surface area contributed by atoms with Gasteiger partial charge in [0.15, 0.2) is 0 Å². The molecule has 2 unspecified atom stereocenters. The molecule has 0 aromatic heterocycles. The van der Waals surface area contributed by atoms with Crippen LogP contribution in [0.5, 0.6) is 0 Å². The Morgan fingerprint density at radius 2 is 1.65 bits per heavy atom. The number of nitrogens with one attached hydrogen (secondary N) is 2. The molecular weight excluding hydrogens is 332 g/mol. The van der Waals surface area contributed by atoms with Gasteiger partial charge < -0.3 is 15.4 Å². The SMILES string of the molecule is CNCCSC1CCC1SCCNC(=O)CCOCCC(C)=O. The second-order valence-electron chi connectivity index (χ2n) is 5.66. The van der Waals surface area contributed by atoms with Gasteiger partial charge in [0.2, 0.25) is 5.91 Å². The first-order chi connectivity index (χ1) is 11.1. The zero-order valence-corrected chi connectivity index (χ0v) is 15.9. The summed E-state index contributed by atoms with van der Waals surface area (Å²) in [4.78, 5) is 22.4. The van der Waals surface area contributed by atoms with Gasteiger partial charge in [-0.2, -0.15) is 23.5 Å². The minimum absolute atomic E-state index is 0.0296. The smallest absolute Gasteiger partial charge is 0.222 e. The Labute approximate surface area is 148 Å². The summed E-state index contributed by atoms with van der Waals surface area (Å²) in [6.45, 7) is 4.13. The van der Waals surface area contributed by atoms with Crippen LogP contribution in [0.3, 0.4) is 0 Å². The largest absolute Gasteiger partial charge is 0.380 e. The second kappa shape index (κ2) is 13.1. The van der Waals surface area contributed by atoms with Crippen LogP contribution in [-0.2, 0) is 14.3 Å². The van der Waals surface area contributed by atoms with E-state index in [0.717, 1.165) is 29.3 Å². The molecule has 0 aromatic carbocycles. The van der Waals surface area contributed by atoms with E-state index in [9.17, 15) is 9.59 Å². The first kappa shape index (κ1) is 20.8. The highest BCUT2D eigenvalue weighted by atomic mass is 32.2. The molecule has 0 aromatic rings. The van der Waals surface area contributed by atoms with Crippen molar-refractivity contribution in [2.24, 2.45) is 0 Å². The van der Waals surface area contributed by atoms with E-state index in [1.807, 2.05) is 18.8 Å². The van der Waals surface area contributed by atoms with Gasteiger partial charge in [-0.15, -0.1) is 0 Å². The monoisotopic (exact) mass is 362 g/mol. The fraction of sp³-hybridized carbons (Fsp3) is 0.875. The van der Waals surface area contributed by atoms with E-state index in [-0.39, 0.29) is 11.7 Å². The molecule has 0 spiro atoms. The number of ether oxygens (including phenoxy) is 1. The molecule has 1 fully saturated rings. The van der Waals surface area contributed by atoms with Crippen LogP contribution in [0.15, 0.2) is 0 Å². The van der Waals surface area contributed by atoms with E-state index in [1.54, 1.807) is 6.92 Å². The third-order valence-electron chi connectivity index (χ3n) is 3.66. The van der Waals surface area contributed by atoms with Gasteiger partial charge in [-0.3, -0.25) is 9.59 Å². The highest BCUT2D eigenvalue weighted by molar-refractivity contribution is 8.04. The fourth-order valence-electron chi connectivity index (χ4n) is 2.10. The number of carbonyl (C=O) groups excluding carboxylic acids is 2. The van der Waals surface area contributed by atoms with Crippen molar-refractivity contribution in [2.45, 2.75) is 43.1 Å². The molecule has 23 heavy (non-hydrogen) atoms. The summed E-state index contributed by atoms with van der Waals surface area (Å²) in [6, 6.07) is 0. The van der Waals surface area contributed by atoms with Crippen LogP contribution in [0, 0.1) is 0 Å². The summed E-state index contributed by atoms with van der Waals surface area (Å²) >= 11 is 4.05. The highest BCUT2D eigenvalue weighted by Gasteiger charge is 2.30. The van der Waals surface area contributed by atoms with Crippen molar-refractivity contribution in [3.05, 3.63) is 0 Å². The van der Waals surface area contributed by atoms with E-state index in [4.69, 9.17) is 4.74 Å². The van der Waals surface area contributed by atoms with Gasteiger partial charge in [0.05, 0.1) is 13.2 Å². The molecule has 0 heterocycles. The predicted molar refractivity (Wildman–Crippen MR) is 99.4 cm³/mol. The summed E-state index contributed by atoms with van der Waals surface area (Å²) in [5.41, 5.74) is 0. The number of amides is 1. The average molecular weight is 363 g/mol. The number of ketones is 1. The van der Waals surface area contributed by atoms with E-state index >= 15 is 0 Å². The van der Waals surface area contributed by atoms with Gasteiger partial charge in [-0.25, -0.2) is 0 Å². The molecule has 0 radical (unpaired) electrons. The molecule has 1 aliphatic rings. The van der Waals surface area contributed by atoms with Crippen molar-refractivity contribution in [1.82, 2.24) is 10.6 Å². The minimum atomic E-state index is 0.0296. The summed E-state index contributed by atoms with van der Waals surface area (Å²) in [6.07, 6.45) is 3.43. The Hall–Kier alpha value is -0.240. The standard InChI is InChI=1S/C16H30N2O3S2/c1-13(19)5-9-21-10-6-16(20)18-8-12-23-15-4-3-14(15)22-11-7-17-2/h14-15,17H,3-12H2,1-2H3,(H,18,20). The number of Topliss-reactive ketones (excluding diaryl/α,β-unsaturated/α-hetero) is 1. The van der Waals surface area contributed by atoms with Crippen molar-refractivity contribution in [3.63, 3.8) is 0 Å². The molecule has 2 N–H and O–H groups in total. The number of rotatable bonds is 14. The third kappa shape index (κ3) is 10.3. The van der Waals surface area contributed by atoms with Crippen LogP contribution in [0.25, 0.3) is 0 Å². The summed E-state index contributed by atoms with van der Waals surface area (Å²) < 4.78 is 5.25. The van der Waals surface area contributed by atoms with Crippen molar-refractivity contribution < 1.29 is 14.3 Å². The van der Waals surface area contributed by atoms with Gasteiger partial charge >= 0.3 is 0 Å².